The molecule has 0 radical (unpaired) electrons. The van der Waals surface area contributed by atoms with Gasteiger partial charge in [0.2, 0.25) is 0 Å². The predicted octanol–water partition coefficient (Wildman–Crippen LogP) is 1.60. The van der Waals surface area contributed by atoms with E-state index in [1.54, 1.807) is 25.1 Å². The van der Waals surface area contributed by atoms with Crippen LogP contribution in [0.3, 0.4) is 0 Å². The number of amides is 2. The minimum Gasteiger partial charge on any atom is -0.480 e. The van der Waals surface area contributed by atoms with Crippen LogP contribution in [0.5, 0.6) is 0 Å². The zero-order valence-electron chi connectivity index (χ0n) is 10.5. The lowest BCUT2D eigenvalue weighted by atomic mass is 10.2. The monoisotopic (exact) mass is 286 g/mol. The number of anilines is 1. The Morgan fingerprint density at radius 1 is 1.37 bits per heavy atom. The molecule has 0 aliphatic carbocycles. The summed E-state index contributed by atoms with van der Waals surface area (Å²) in [4.78, 5) is 22.5. The molecule has 1 aromatic rings. The summed E-state index contributed by atoms with van der Waals surface area (Å²) < 4.78 is 0. The summed E-state index contributed by atoms with van der Waals surface area (Å²) in [5.74, 6) is -1.31. The van der Waals surface area contributed by atoms with Crippen LogP contribution in [0, 0.1) is 6.92 Å². The van der Waals surface area contributed by atoms with Gasteiger partial charge in [-0.15, -0.1) is 0 Å². The van der Waals surface area contributed by atoms with Gasteiger partial charge in [-0.1, -0.05) is 17.7 Å². The molecule has 7 heteroatoms. The summed E-state index contributed by atoms with van der Waals surface area (Å²) in [6.07, 6.45) is -1.20. The van der Waals surface area contributed by atoms with Crippen LogP contribution in [-0.2, 0) is 4.79 Å². The van der Waals surface area contributed by atoms with Gasteiger partial charge in [-0.2, -0.15) is 0 Å². The molecule has 0 saturated heterocycles. The lowest BCUT2D eigenvalue weighted by Gasteiger charge is -2.18. The van der Waals surface area contributed by atoms with Gasteiger partial charge < -0.3 is 20.8 Å². The third kappa shape index (κ3) is 4.11. The molecule has 0 aromatic heterocycles. The lowest BCUT2D eigenvalue weighted by Crippen LogP contribution is -2.49. The van der Waals surface area contributed by atoms with Gasteiger partial charge in [0.25, 0.3) is 0 Å². The van der Waals surface area contributed by atoms with Crippen molar-refractivity contribution in [1.82, 2.24) is 5.32 Å². The topological polar surface area (TPSA) is 98.7 Å². The van der Waals surface area contributed by atoms with Gasteiger partial charge in [-0.05, 0) is 31.5 Å². The second-order valence-electron chi connectivity index (χ2n) is 4.07. The molecule has 6 nitrogen and oxygen atoms in total. The van der Waals surface area contributed by atoms with Crippen molar-refractivity contribution in [3.8, 4) is 0 Å². The number of carboxylic acids is 1. The molecule has 19 heavy (non-hydrogen) atoms. The van der Waals surface area contributed by atoms with Crippen molar-refractivity contribution in [2.75, 3.05) is 5.32 Å². The number of carbonyl (C=O) groups excluding carboxylic acids is 1. The smallest absolute Gasteiger partial charge is 0.328 e. The molecule has 1 rings (SSSR count). The van der Waals surface area contributed by atoms with Crippen LogP contribution >= 0.6 is 11.6 Å². The fourth-order valence-corrected chi connectivity index (χ4v) is 1.61. The Bertz CT molecular complexity index is 491. The molecule has 2 amide bonds. The number of carboxylic acid groups (broad SMARTS) is 1. The number of halogens is 1. The van der Waals surface area contributed by atoms with Crippen LogP contribution < -0.4 is 10.6 Å². The van der Waals surface area contributed by atoms with Crippen molar-refractivity contribution >= 4 is 29.3 Å². The molecule has 4 N–H and O–H groups in total. The van der Waals surface area contributed by atoms with E-state index in [0.29, 0.717) is 16.3 Å². The Morgan fingerprint density at radius 3 is 2.53 bits per heavy atom. The summed E-state index contributed by atoms with van der Waals surface area (Å²) in [6, 6.07) is 2.88. The normalized spacial score (nSPS) is 13.5. The number of nitrogens with one attached hydrogen (secondary N) is 2. The molecule has 0 fully saturated rings. The summed E-state index contributed by atoms with van der Waals surface area (Å²) in [7, 11) is 0. The van der Waals surface area contributed by atoms with E-state index in [1.165, 1.54) is 6.92 Å². The minimum atomic E-state index is -1.38. The van der Waals surface area contributed by atoms with Gasteiger partial charge in [0, 0.05) is 10.7 Å². The Hall–Kier alpha value is -1.79. The Labute approximate surface area is 115 Å². The molecule has 0 aliphatic heterocycles. The number of carbonyl (C=O) groups is 2. The average molecular weight is 287 g/mol. The van der Waals surface area contributed by atoms with Gasteiger partial charge in [0.1, 0.15) is 0 Å². The van der Waals surface area contributed by atoms with Crippen molar-refractivity contribution in [3.63, 3.8) is 0 Å². The number of aliphatic hydroxyl groups excluding tert-OH is 1. The van der Waals surface area contributed by atoms with Gasteiger partial charge in [-0.25, -0.2) is 9.59 Å². The van der Waals surface area contributed by atoms with E-state index in [2.05, 4.69) is 10.6 Å². The Kier molecular flexibility index (Phi) is 5.14. The van der Waals surface area contributed by atoms with E-state index >= 15 is 0 Å². The van der Waals surface area contributed by atoms with Gasteiger partial charge in [0.15, 0.2) is 6.04 Å². The van der Waals surface area contributed by atoms with E-state index in [9.17, 15) is 14.7 Å². The van der Waals surface area contributed by atoms with Crippen molar-refractivity contribution in [1.29, 1.82) is 0 Å². The first-order chi connectivity index (χ1) is 8.82. The highest BCUT2D eigenvalue weighted by Gasteiger charge is 2.25. The highest BCUT2D eigenvalue weighted by Crippen LogP contribution is 2.22. The standard InChI is InChI=1S/C12H15ClN2O4/c1-6-8(13)4-3-5-9(6)14-12(19)15-10(7(2)16)11(17)18/h3-5,7,10,16H,1-2H3,(H,17,18)(H2,14,15,19). The lowest BCUT2D eigenvalue weighted by molar-refractivity contribution is -0.141. The molecule has 0 spiro atoms. The van der Waals surface area contributed by atoms with E-state index in [4.69, 9.17) is 16.7 Å². The third-order valence-corrected chi connectivity index (χ3v) is 2.96. The fourth-order valence-electron chi connectivity index (χ4n) is 1.43. The number of hydrogen-bond donors (Lipinski definition) is 4. The molecular weight excluding hydrogens is 272 g/mol. The Morgan fingerprint density at radius 2 is 2.00 bits per heavy atom. The fraction of sp³-hybridized carbons (Fsp3) is 0.333. The molecule has 1 aromatic carbocycles. The molecular formula is C12H15ClN2O4. The van der Waals surface area contributed by atoms with Crippen molar-refractivity contribution in [2.24, 2.45) is 0 Å². The minimum absolute atomic E-state index is 0.472. The van der Waals surface area contributed by atoms with Crippen LogP contribution in [0.1, 0.15) is 12.5 Å². The van der Waals surface area contributed by atoms with Crippen LogP contribution in [0.4, 0.5) is 10.5 Å². The van der Waals surface area contributed by atoms with E-state index < -0.39 is 24.1 Å². The number of aliphatic carboxylic acids is 1. The SMILES string of the molecule is Cc1c(Cl)cccc1NC(=O)NC(C(=O)O)C(C)O. The number of urea groups is 1. The van der Waals surface area contributed by atoms with Gasteiger partial charge in [-0.3, -0.25) is 0 Å². The molecule has 0 heterocycles. The first-order valence-electron chi connectivity index (χ1n) is 5.56. The number of hydrogen-bond acceptors (Lipinski definition) is 3. The largest absolute Gasteiger partial charge is 0.480 e. The molecule has 104 valence electrons. The summed E-state index contributed by atoms with van der Waals surface area (Å²) in [5.41, 5.74) is 1.14. The van der Waals surface area contributed by atoms with Crippen molar-refractivity contribution < 1.29 is 19.8 Å². The molecule has 2 unspecified atom stereocenters. The Balaban J connectivity index is 2.75. The van der Waals surface area contributed by atoms with Crippen LogP contribution in [0.25, 0.3) is 0 Å². The second kappa shape index (κ2) is 6.40. The highest BCUT2D eigenvalue weighted by molar-refractivity contribution is 6.31. The van der Waals surface area contributed by atoms with Crippen molar-refractivity contribution in [2.45, 2.75) is 26.0 Å². The third-order valence-electron chi connectivity index (χ3n) is 2.55. The van der Waals surface area contributed by atoms with E-state index in [1.807, 2.05) is 0 Å². The number of rotatable bonds is 4. The highest BCUT2D eigenvalue weighted by atomic mass is 35.5. The van der Waals surface area contributed by atoms with Gasteiger partial charge in [0.05, 0.1) is 6.10 Å². The maximum atomic E-state index is 11.7. The van der Waals surface area contributed by atoms with Gasteiger partial charge >= 0.3 is 12.0 Å². The number of benzene rings is 1. The number of aliphatic hydroxyl groups is 1. The molecule has 2 atom stereocenters. The first-order valence-corrected chi connectivity index (χ1v) is 5.94. The summed E-state index contributed by atoms with van der Waals surface area (Å²) >= 11 is 5.90. The summed E-state index contributed by atoms with van der Waals surface area (Å²) in [6.45, 7) is 3.00. The molecule has 0 saturated carbocycles. The zero-order chi connectivity index (χ0) is 14.6. The maximum Gasteiger partial charge on any atom is 0.328 e. The second-order valence-corrected chi connectivity index (χ2v) is 4.47. The van der Waals surface area contributed by atoms with E-state index in [0.717, 1.165) is 0 Å². The average Bonchev–Trinajstić information content (AvgIpc) is 2.31. The van der Waals surface area contributed by atoms with Crippen LogP contribution in [0.15, 0.2) is 18.2 Å². The predicted molar refractivity (Wildman–Crippen MR) is 71.4 cm³/mol. The quantitative estimate of drug-likeness (QED) is 0.676. The summed E-state index contributed by atoms with van der Waals surface area (Å²) in [5, 5.41) is 23.2. The van der Waals surface area contributed by atoms with E-state index in [-0.39, 0.29) is 0 Å². The van der Waals surface area contributed by atoms with Crippen molar-refractivity contribution in [3.05, 3.63) is 28.8 Å². The molecule has 0 aliphatic rings. The van der Waals surface area contributed by atoms with Crippen LogP contribution in [-0.4, -0.2) is 34.4 Å². The first kappa shape index (κ1) is 15.3. The maximum absolute atomic E-state index is 11.7. The molecule has 0 bridgehead atoms. The van der Waals surface area contributed by atoms with Crippen LogP contribution in [0.2, 0.25) is 5.02 Å². The zero-order valence-corrected chi connectivity index (χ0v) is 11.2.